The first kappa shape index (κ1) is 10.5. The number of nitrogens with zero attached hydrogens (tertiary/aromatic N) is 1. The molecule has 80 valence electrons. The van der Waals surface area contributed by atoms with Crippen LogP contribution in [0.5, 0.6) is 0 Å². The Bertz CT molecular complexity index is 488. The predicted molar refractivity (Wildman–Crippen MR) is 63.3 cm³/mol. The van der Waals surface area contributed by atoms with E-state index in [0.29, 0.717) is 6.04 Å². The third kappa shape index (κ3) is 1.64. The van der Waals surface area contributed by atoms with Gasteiger partial charge in [0.2, 0.25) is 0 Å². The molecule has 2 nitrogen and oxygen atoms in total. The number of fused-ring (bicyclic) bond motifs is 1. The normalized spacial score (nSPS) is 11.5. The van der Waals surface area contributed by atoms with Gasteiger partial charge in [-0.1, -0.05) is 23.7 Å². The number of para-hydroxylation sites is 1. The average molecular weight is 224 g/mol. The Morgan fingerprint density at radius 2 is 2.13 bits per heavy atom. The van der Waals surface area contributed by atoms with Crippen LogP contribution in [0.3, 0.4) is 0 Å². The molecule has 0 unspecified atom stereocenters. The van der Waals surface area contributed by atoms with Crippen molar-refractivity contribution in [2.45, 2.75) is 26.5 Å². The maximum Gasteiger partial charge on any atom is 0.0833 e. The highest BCUT2D eigenvalue weighted by molar-refractivity contribution is 6.35. The van der Waals surface area contributed by atoms with Gasteiger partial charge in [-0.3, -0.25) is 0 Å². The van der Waals surface area contributed by atoms with E-state index in [4.69, 9.17) is 11.6 Å². The van der Waals surface area contributed by atoms with Gasteiger partial charge in [-0.2, -0.15) is 0 Å². The van der Waals surface area contributed by atoms with Crippen molar-refractivity contribution in [3.05, 3.63) is 35.0 Å². The summed E-state index contributed by atoms with van der Waals surface area (Å²) in [5.41, 5.74) is 1.92. The van der Waals surface area contributed by atoms with E-state index in [-0.39, 0.29) is 6.61 Å². The Morgan fingerprint density at radius 1 is 1.40 bits per heavy atom. The van der Waals surface area contributed by atoms with Crippen LogP contribution in [0.15, 0.2) is 24.3 Å². The van der Waals surface area contributed by atoms with Crippen LogP contribution in [0, 0.1) is 0 Å². The fourth-order valence-corrected chi connectivity index (χ4v) is 2.28. The van der Waals surface area contributed by atoms with Gasteiger partial charge in [0, 0.05) is 17.1 Å². The summed E-state index contributed by atoms with van der Waals surface area (Å²) >= 11 is 6.17. The molecule has 0 aliphatic carbocycles. The third-order valence-corrected chi connectivity index (χ3v) is 2.87. The van der Waals surface area contributed by atoms with Crippen LogP contribution in [-0.4, -0.2) is 9.67 Å². The fraction of sp³-hybridized carbons (Fsp3) is 0.333. The molecule has 0 saturated carbocycles. The standard InChI is InChI=1S/C12H14ClNO/c1-8(2)14-10(7-15)6-9-4-3-5-11(13)12(9)14/h3-6,8,15H,7H2,1-2H3. The zero-order valence-electron chi connectivity index (χ0n) is 8.87. The highest BCUT2D eigenvalue weighted by atomic mass is 35.5. The van der Waals surface area contributed by atoms with Crippen LogP contribution in [-0.2, 0) is 6.61 Å². The van der Waals surface area contributed by atoms with Gasteiger partial charge < -0.3 is 9.67 Å². The molecule has 0 fully saturated rings. The van der Waals surface area contributed by atoms with E-state index in [9.17, 15) is 5.11 Å². The Balaban J connectivity index is 2.82. The van der Waals surface area contributed by atoms with Crippen molar-refractivity contribution >= 4 is 22.5 Å². The highest BCUT2D eigenvalue weighted by Gasteiger charge is 2.12. The number of benzene rings is 1. The van der Waals surface area contributed by atoms with Gasteiger partial charge >= 0.3 is 0 Å². The molecule has 0 spiro atoms. The molecule has 2 aromatic rings. The van der Waals surface area contributed by atoms with Crippen molar-refractivity contribution < 1.29 is 5.11 Å². The van der Waals surface area contributed by atoms with Crippen molar-refractivity contribution in [2.75, 3.05) is 0 Å². The fourth-order valence-electron chi connectivity index (χ4n) is 2.01. The average Bonchev–Trinajstić information content (AvgIpc) is 2.57. The first-order valence-electron chi connectivity index (χ1n) is 5.04. The first-order valence-corrected chi connectivity index (χ1v) is 5.42. The number of hydrogen-bond acceptors (Lipinski definition) is 1. The number of aromatic nitrogens is 1. The lowest BCUT2D eigenvalue weighted by Crippen LogP contribution is -2.05. The third-order valence-electron chi connectivity index (χ3n) is 2.57. The van der Waals surface area contributed by atoms with Crippen LogP contribution < -0.4 is 0 Å². The number of aliphatic hydroxyl groups excluding tert-OH is 1. The molecule has 1 aromatic carbocycles. The number of aliphatic hydroxyl groups is 1. The molecular weight excluding hydrogens is 210 g/mol. The van der Waals surface area contributed by atoms with Crippen molar-refractivity contribution in [2.24, 2.45) is 0 Å². The van der Waals surface area contributed by atoms with Crippen molar-refractivity contribution in [1.82, 2.24) is 4.57 Å². The number of hydrogen-bond donors (Lipinski definition) is 1. The number of halogens is 1. The topological polar surface area (TPSA) is 25.2 Å². The van der Waals surface area contributed by atoms with Crippen LogP contribution >= 0.6 is 11.6 Å². The Labute approximate surface area is 94.1 Å². The van der Waals surface area contributed by atoms with Gasteiger partial charge in [0.05, 0.1) is 17.1 Å². The molecule has 1 N–H and O–H groups in total. The molecule has 2 rings (SSSR count). The minimum atomic E-state index is 0.0448. The molecule has 3 heteroatoms. The van der Waals surface area contributed by atoms with Crippen molar-refractivity contribution in [3.8, 4) is 0 Å². The van der Waals surface area contributed by atoms with Gasteiger partial charge in [0.1, 0.15) is 0 Å². The summed E-state index contributed by atoms with van der Waals surface area (Å²) < 4.78 is 2.08. The summed E-state index contributed by atoms with van der Waals surface area (Å²) in [5, 5.41) is 11.1. The number of rotatable bonds is 2. The maximum absolute atomic E-state index is 9.30. The van der Waals surface area contributed by atoms with Gasteiger partial charge in [0.25, 0.3) is 0 Å². The van der Waals surface area contributed by atoms with Crippen LogP contribution in [0.1, 0.15) is 25.6 Å². The van der Waals surface area contributed by atoms with E-state index < -0.39 is 0 Å². The molecule has 0 aliphatic heterocycles. The lowest BCUT2D eigenvalue weighted by molar-refractivity contribution is 0.269. The zero-order valence-corrected chi connectivity index (χ0v) is 9.62. The Morgan fingerprint density at radius 3 is 2.73 bits per heavy atom. The van der Waals surface area contributed by atoms with Crippen molar-refractivity contribution in [3.63, 3.8) is 0 Å². The van der Waals surface area contributed by atoms with Gasteiger partial charge in [-0.25, -0.2) is 0 Å². The van der Waals surface area contributed by atoms with Crippen LogP contribution in [0.25, 0.3) is 10.9 Å². The van der Waals surface area contributed by atoms with Gasteiger partial charge in [0.15, 0.2) is 0 Å². The molecule has 1 heterocycles. The minimum Gasteiger partial charge on any atom is -0.390 e. The summed E-state index contributed by atoms with van der Waals surface area (Å²) in [4.78, 5) is 0. The van der Waals surface area contributed by atoms with E-state index in [1.54, 1.807) is 0 Å². The molecule has 0 bridgehead atoms. The van der Waals surface area contributed by atoms with E-state index in [1.807, 2.05) is 24.3 Å². The lowest BCUT2D eigenvalue weighted by atomic mass is 10.2. The largest absolute Gasteiger partial charge is 0.390 e. The maximum atomic E-state index is 9.30. The van der Waals surface area contributed by atoms with E-state index in [0.717, 1.165) is 21.6 Å². The summed E-state index contributed by atoms with van der Waals surface area (Å²) in [6, 6.07) is 8.10. The Kier molecular flexibility index (Phi) is 2.72. The quantitative estimate of drug-likeness (QED) is 0.830. The molecule has 15 heavy (non-hydrogen) atoms. The van der Waals surface area contributed by atoms with Crippen LogP contribution in [0.2, 0.25) is 5.02 Å². The van der Waals surface area contributed by atoms with Crippen molar-refractivity contribution in [1.29, 1.82) is 0 Å². The molecule has 0 amide bonds. The molecular formula is C12H14ClNO. The summed E-state index contributed by atoms with van der Waals surface area (Å²) in [5.74, 6) is 0. The van der Waals surface area contributed by atoms with Crippen LogP contribution in [0.4, 0.5) is 0 Å². The van der Waals surface area contributed by atoms with E-state index >= 15 is 0 Å². The second-order valence-electron chi connectivity index (χ2n) is 3.94. The lowest BCUT2D eigenvalue weighted by Gasteiger charge is -2.13. The summed E-state index contributed by atoms with van der Waals surface area (Å²) in [7, 11) is 0. The molecule has 0 atom stereocenters. The molecule has 1 aromatic heterocycles. The second kappa shape index (κ2) is 3.87. The summed E-state index contributed by atoms with van der Waals surface area (Å²) in [6.45, 7) is 4.22. The first-order chi connectivity index (χ1) is 7.15. The van der Waals surface area contributed by atoms with E-state index in [2.05, 4.69) is 18.4 Å². The minimum absolute atomic E-state index is 0.0448. The molecule has 0 saturated heterocycles. The van der Waals surface area contributed by atoms with Gasteiger partial charge in [-0.05, 0) is 26.0 Å². The zero-order chi connectivity index (χ0) is 11.0. The van der Waals surface area contributed by atoms with E-state index in [1.165, 1.54) is 0 Å². The SMILES string of the molecule is CC(C)n1c(CO)cc2cccc(Cl)c21. The molecule has 0 radical (unpaired) electrons. The second-order valence-corrected chi connectivity index (χ2v) is 4.34. The molecule has 0 aliphatic rings. The smallest absolute Gasteiger partial charge is 0.0833 e. The predicted octanol–water partition coefficient (Wildman–Crippen LogP) is 3.37. The Hall–Kier alpha value is -0.990. The van der Waals surface area contributed by atoms with Gasteiger partial charge in [-0.15, -0.1) is 0 Å². The summed E-state index contributed by atoms with van der Waals surface area (Å²) in [6.07, 6.45) is 0. The monoisotopic (exact) mass is 223 g/mol. The highest BCUT2D eigenvalue weighted by Crippen LogP contribution is 2.29.